The van der Waals surface area contributed by atoms with Crippen molar-refractivity contribution in [3.05, 3.63) is 24.5 Å². The molecule has 1 atom stereocenters. The molecule has 1 aliphatic rings. The van der Waals surface area contributed by atoms with Gasteiger partial charge in [-0.05, 0) is 43.2 Å². The van der Waals surface area contributed by atoms with Crippen LogP contribution in [0.1, 0.15) is 46.0 Å². The largest absolute Gasteiger partial charge is 0.323 e. The maximum absolute atomic E-state index is 3.56. The van der Waals surface area contributed by atoms with Crippen LogP contribution in [0.2, 0.25) is 0 Å². The molecule has 1 aromatic heterocycles. The van der Waals surface area contributed by atoms with Gasteiger partial charge in [-0.25, -0.2) is 0 Å². The molecule has 84 valence electrons. The van der Waals surface area contributed by atoms with Crippen molar-refractivity contribution in [3.63, 3.8) is 0 Å². The van der Waals surface area contributed by atoms with Crippen LogP contribution in [0.4, 0.5) is 0 Å². The molecule has 1 saturated carbocycles. The monoisotopic (exact) mass is 206 g/mol. The minimum atomic E-state index is 0.549. The summed E-state index contributed by atoms with van der Waals surface area (Å²) < 4.78 is 2.09. The summed E-state index contributed by atoms with van der Waals surface area (Å²) in [6, 6.07) is 4.78. The molecule has 2 heteroatoms. The Hall–Kier alpha value is -0.920. The molecule has 1 aliphatic carbocycles. The molecule has 2 rings (SSSR count). The fourth-order valence-corrected chi connectivity index (χ4v) is 2.42. The van der Waals surface area contributed by atoms with Gasteiger partial charge in [-0.3, -0.25) is 4.68 Å². The average Bonchev–Trinajstić information content (AvgIpc) is 2.60. The lowest BCUT2D eigenvalue weighted by Crippen LogP contribution is -2.26. The fraction of sp³-hybridized carbons (Fsp3) is 0.692. The van der Waals surface area contributed by atoms with Crippen LogP contribution in [-0.4, -0.2) is 10.7 Å². The van der Waals surface area contributed by atoms with E-state index in [4.69, 9.17) is 0 Å². The van der Waals surface area contributed by atoms with Gasteiger partial charge in [0.05, 0.1) is 0 Å². The molecule has 2 nitrogen and oxygen atoms in total. The lowest BCUT2D eigenvalue weighted by Gasteiger charge is -2.22. The van der Waals surface area contributed by atoms with Crippen molar-refractivity contribution in [2.45, 2.75) is 52.0 Å². The second-order valence-electron chi connectivity index (χ2n) is 5.51. The first-order chi connectivity index (χ1) is 7.16. The van der Waals surface area contributed by atoms with Crippen LogP contribution >= 0.6 is 0 Å². The van der Waals surface area contributed by atoms with Gasteiger partial charge in [-0.15, -0.1) is 0 Å². The summed E-state index contributed by atoms with van der Waals surface area (Å²) in [6.07, 6.45) is 10.8. The Morgan fingerprint density at radius 1 is 1.13 bits per heavy atom. The zero-order chi connectivity index (χ0) is 10.7. The van der Waals surface area contributed by atoms with E-state index in [1.165, 1.54) is 32.1 Å². The second-order valence-corrected chi connectivity index (χ2v) is 5.51. The van der Waals surface area contributed by atoms with Crippen LogP contribution in [0, 0.1) is 5.41 Å². The SMILES string of the molecule is CC1(C)CCCC(Nn2cccc2)CC1. The summed E-state index contributed by atoms with van der Waals surface area (Å²) in [5.41, 5.74) is 4.10. The van der Waals surface area contributed by atoms with Crippen LogP contribution in [-0.2, 0) is 0 Å². The quantitative estimate of drug-likeness (QED) is 0.734. The van der Waals surface area contributed by atoms with Gasteiger partial charge in [0.15, 0.2) is 0 Å². The van der Waals surface area contributed by atoms with Gasteiger partial charge in [0.2, 0.25) is 0 Å². The predicted molar refractivity (Wildman–Crippen MR) is 64.4 cm³/mol. The first kappa shape index (κ1) is 10.6. The molecule has 0 aromatic carbocycles. The lowest BCUT2D eigenvalue weighted by molar-refractivity contribution is 0.313. The molecule has 0 amide bonds. The summed E-state index contributed by atoms with van der Waals surface area (Å²) >= 11 is 0. The Kier molecular flexibility index (Phi) is 3.03. The Morgan fingerprint density at radius 3 is 2.60 bits per heavy atom. The maximum atomic E-state index is 3.56. The third kappa shape index (κ3) is 3.01. The van der Waals surface area contributed by atoms with Gasteiger partial charge in [-0.2, -0.15) is 0 Å². The van der Waals surface area contributed by atoms with Gasteiger partial charge < -0.3 is 5.43 Å². The number of hydrogen-bond donors (Lipinski definition) is 1. The molecule has 0 radical (unpaired) electrons. The number of nitrogens with zero attached hydrogens (tertiary/aromatic N) is 1. The molecule has 1 fully saturated rings. The molecule has 1 unspecified atom stereocenters. The van der Waals surface area contributed by atoms with Gasteiger partial charge >= 0.3 is 0 Å². The van der Waals surface area contributed by atoms with Crippen molar-refractivity contribution < 1.29 is 0 Å². The summed E-state index contributed by atoms with van der Waals surface area (Å²) in [6.45, 7) is 4.79. The van der Waals surface area contributed by atoms with E-state index in [0.717, 1.165) is 0 Å². The number of aromatic nitrogens is 1. The van der Waals surface area contributed by atoms with E-state index >= 15 is 0 Å². The van der Waals surface area contributed by atoms with Crippen molar-refractivity contribution in [1.29, 1.82) is 0 Å². The van der Waals surface area contributed by atoms with E-state index in [0.29, 0.717) is 11.5 Å². The van der Waals surface area contributed by atoms with Crippen LogP contribution in [0.15, 0.2) is 24.5 Å². The summed E-state index contributed by atoms with van der Waals surface area (Å²) in [4.78, 5) is 0. The third-order valence-corrected chi connectivity index (χ3v) is 3.51. The highest BCUT2D eigenvalue weighted by Crippen LogP contribution is 2.33. The minimum Gasteiger partial charge on any atom is -0.323 e. The molecule has 0 aliphatic heterocycles. The van der Waals surface area contributed by atoms with Crippen molar-refractivity contribution >= 4 is 0 Å². The maximum Gasteiger partial charge on any atom is 0.0424 e. The van der Waals surface area contributed by atoms with Gasteiger partial charge in [-0.1, -0.05) is 20.3 Å². The Labute approximate surface area is 92.6 Å². The topological polar surface area (TPSA) is 17.0 Å². The molecule has 0 bridgehead atoms. The fourth-order valence-electron chi connectivity index (χ4n) is 2.42. The third-order valence-electron chi connectivity index (χ3n) is 3.51. The highest BCUT2D eigenvalue weighted by molar-refractivity contribution is 4.96. The van der Waals surface area contributed by atoms with Crippen molar-refractivity contribution in [1.82, 2.24) is 4.68 Å². The zero-order valence-corrected chi connectivity index (χ0v) is 9.87. The lowest BCUT2D eigenvalue weighted by atomic mass is 9.85. The molecule has 15 heavy (non-hydrogen) atoms. The molecule has 0 spiro atoms. The zero-order valence-electron chi connectivity index (χ0n) is 9.87. The Morgan fingerprint density at radius 2 is 1.87 bits per heavy atom. The molecule has 1 aromatic rings. The summed E-state index contributed by atoms with van der Waals surface area (Å²) in [5.74, 6) is 0. The van der Waals surface area contributed by atoms with Crippen LogP contribution in [0.5, 0.6) is 0 Å². The predicted octanol–water partition coefficient (Wildman–Crippen LogP) is 3.39. The van der Waals surface area contributed by atoms with E-state index < -0.39 is 0 Å². The number of nitrogens with one attached hydrogen (secondary N) is 1. The molecular weight excluding hydrogens is 184 g/mol. The molecule has 1 N–H and O–H groups in total. The Bertz CT molecular complexity index is 287. The Balaban J connectivity index is 1.89. The van der Waals surface area contributed by atoms with Gasteiger partial charge in [0.1, 0.15) is 0 Å². The van der Waals surface area contributed by atoms with Crippen LogP contribution < -0.4 is 5.43 Å². The van der Waals surface area contributed by atoms with Gasteiger partial charge in [0, 0.05) is 18.4 Å². The molecule has 1 heterocycles. The van der Waals surface area contributed by atoms with E-state index in [2.05, 4.69) is 48.5 Å². The number of rotatable bonds is 2. The molecular formula is C13H22N2. The smallest absolute Gasteiger partial charge is 0.0424 e. The van der Waals surface area contributed by atoms with Crippen LogP contribution in [0.3, 0.4) is 0 Å². The van der Waals surface area contributed by atoms with E-state index in [1.807, 2.05) is 0 Å². The highest BCUT2D eigenvalue weighted by Gasteiger charge is 2.24. The normalized spacial score (nSPS) is 25.9. The van der Waals surface area contributed by atoms with Gasteiger partial charge in [0.25, 0.3) is 0 Å². The number of hydrogen-bond acceptors (Lipinski definition) is 1. The first-order valence-electron chi connectivity index (χ1n) is 6.05. The highest BCUT2D eigenvalue weighted by atomic mass is 15.4. The molecule has 0 saturated heterocycles. The van der Waals surface area contributed by atoms with Crippen molar-refractivity contribution in [2.24, 2.45) is 5.41 Å². The average molecular weight is 206 g/mol. The van der Waals surface area contributed by atoms with E-state index in [9.17, 15) is 0 Å². The standard InChI is InChI=1S/C13H22N2/c1-13(2)8-5-6-12(7-9-13)14-15-10-3-4-11-15/h3-4,10-12,14H,5-9H2,1-2H3. The first-order valence-corrected chi connectivity index (χ1v) is 6.05. The summed E-state index contributed by atoms with van der Waals surface area (Å²) in [5, 5.41) is 0. The summed E-state index contributed by atoms with van der Waals surface area (Å²) in [7, 11) is 0. The van der Waals surface area contributed by atoms with E-state index in [-0.39, 0.29) is 0 Å². The van der Waals surface area contributed by atoms with Crippen molar-refractivity contribution in [3.8, 4) is 0 Å². The van der Waals surface area contributed by atoms with E-state index in [1.54, 1.807) is 0 Å². The second kappa shape index (κ2) is 4.30. The minimum absolute atomic E-state index is 0.549. The van der Waals surface area contributed by atoms with Crippen LogP contribution in [0.25, 0.3) is 0 Å². The van der Waals surface area contributed by atoms with Crippen molar-refractivity contribution in [2.75, 3.05) is 5.43 Å².